The quantitative estimate of drug-likeness (QED) is 0.487. The van der Waals surface area contributed by atoms with E-state index in [9.17, 15) is 4.79 Å². The molecule has 0 aromatic rings. The fraction of sp³-hybridized carbons (Fsp3) is 0.889. The molecule has 0 heterocycles. The Labute approximate surface area is 74.3 Å². The first-order valence-corrected chi connectivity index (χ1v) is 4.52. The summed E-state index contributed by atoms with van der Waals surface area (Å²) < 4.78 is 4.97. The molecule has 3 nitrogen and oxygen atoms in total. The molecule has 2 N–H and O–H groups in total. The minimum absolute atomic E-state index is 0.0999. The van der Waals surface area contributed by atoms with E-state index in [1.54, 1.807) is 0 Å². The minimum atomic E-state index is -0.0999. The van der Waals surface area contributed by atoms with E-state index in [-0.39, 0.29) is 5.97 Å². The van der Waals surface area contributed by atoms with Crippen LogP contribution < -0.4 is 5.73 Å². The number of esters is 1. The number of carbonyl (C=O) groups excluding carboxylic acids is 1. The summed E-state index contributed by atoms with van der Waals surface area (Å²) in [5, 5.41) is 0. The average molecular weight is 173 g/mol. The molecule has 0 aliphatic carbocycles. The Morgan fingerprint density at radius 1 is 1.42 bits per heavy atom. The van der Waals surface area contributed by atoms with Gasteiger partial charge in [0.1, 0.15) is 0 Å². The molecule has 0 aromatic heterocycles. The van der Waals surface area contributed by atoms with Gasteiger partial charge in [-0.15, -0.1) is 0 Å². The number of unbranched alkanes of at least 4 members (excludes halogenated alkanes) is 1. The van der Waals surface area contributed by atoms with E-state index in [1.165, 1.54) is 0 Å². The highest BCUT2D eigenvalue weighted by Gasteiger charge is 2.02. The Kier molecular flexibility index (Phi) is 6.76. The van der Waals surface area contributed by atoms with Gasteiger partial charge in [0.25, 0.3) is 0 Å². The van der Waals surface area contributed by atoms with Gasteiger partial charge in [-0.05, 0) is 25.3 Å². The van der Waals surface area contributed by atoms with E-state index in [4.69, 9.17) is 10.5 Å². The smallest absolute Gasteiger partial charge is 0.305 e. The summed E-state index contributed by atoms with van der Waals surface area (Å²) in [5.41, 5.74) is 5.28. The largest absolute Gasteiger partial charge is 0.465 e. The monoisotopic (exact) mass is 173 g/mol. The third kappa shape index (κ3) is 7.54. The maximum absolute atomic E-state index is 11.0. The fourth-order valence-corrected chi connectivity index (χ4v) is 0.745. The number of rotatable bonds is 6. The second-order valence-corrected chi connectivity index (χ2v) is 3.32. The van der Waals surface area contributed by atoms with Crippen molar-refractivity contribution in [2.45, 2.75) is 33.1 Å². The summed E-state index contributed by atoms with van der Waals surface area (Å²) in [6, 6.07) is 0. The molecule has 0 fully saturated rings. The van der Waals surface area contributed by atoms with E-state index < -0.39 is 0 Å². The van der Waals surface area contributed by atoms with Crippen LogP contribution >= 0.6 is 0 Å². The molecule has 0 aliphatic heterocycles. The van der Waals surface area contributed by atoms with Crippen LogP contribution in [0.2, 0.25) is 0 Å². The van der Waals surface area contributed by atoms with Crippen molar-refractivity contribution in [1.82, 2.24) is 0 Å². The van der Waals surface area contributed by atoms with Gasteiger partial charge < -0.3 is 10.5 Å². The van der Waals surface area contributed by atoms with Crippen molar-refractivity contribution in [2.75, 3.05) is 13.2 Å². The number of ether oxygens (including phenoxy) is 1. The molecule has 72 valence electrons. The maximum atomic E-state index is 11.0. The van der Waals surface area contributed by atoms with E-state index in [1.807, 2.05) is 13.8 Å². The number of nitrogens with two attached hydrogens (primary N) is 1. The molecule has 0 rings (SSSR count). The third-order valence-corrected chi connectivity index (χ3v) is 1.41. The molecular formula is C9H19NO2. The summed E-state index contributed by atoms with van der Waals surface area (Å²) in [7, 11) is 0. The standard InChI is InChI=1S/C9H19NO2/c1-8(2)7-12-9(11)5-3-4-6-10/h8H,3-7,10H2,1-2H3. The van der Waals surface area contributed by atoms with Gasteiger partial charge in [0.2, 0.25) is 0 Å². The van der Waals surface area contributed by atoms with Crippen LogP contribution in [0.4, 0.5) is 0 Å². The van der Waals surface area contributed by atoms with Crippen molar-refractivity contribution >= 4 is 5.97 Å². The van der Waals surface area contributed by atoms with Gasteiger partial charge >= 0.3 is 5.97 Å². The molecule has 0 atom stereocenters. The van der Waals surface area contributed by atoms with Gasteiger partial charge in [0.15, 0.2) is 0 Å². The molecule has 0 aliphatic rings. The van der Waals surface area contributed by atoms with Crippen molar-refractivity contribution in [3.05, 3.63) is 0 Å². The van der Waals surface area contributed by atoms with E-state index in [0.717, 1.165) is 12.8 Å². The fourth-order valence-electron chi connectivity index (χ4n) is 0.745. The Balaban J connectivity index is 3.22. The van der Waals surface area contributed by atoms with Crippen LogP contribution in [0.25, 0.3) is 0 Å². The third-order valence-electron chi connectivity index (χ3n) is 1.41. The van der Waals surface area contributed by atoms with Crippen molar-refractivity contribution < 1.29 is 9.53 Å². The summed E-state index contributed by atoms with van der Waals surface area (Å²) in [5.74, 6) is 0.320. The lowest BCUT2D eigenvalue weighted by Gasteiger charge is -2.06. The topological polar surface area (TPSA) is 52.3 Å². The van der Waals surface area contributed by atoms with Crippen LogP contribution in [0.1, 0.15) is 33.1 Å². The lowest BCUT2D eigenvalue weighted by atomic mass is 10.2. The second kappa shape index (κ2) is 7.10. The number of hydrogen-bond donors (Lipinski definition) is 1. The zero-order valence-electron chi connectivity index (χ0n) is 8.01. The Bertz CT molecular complexity index is 124. The van der Waals surface area contributed by atoms with Gasteiger partial charge in [-0.25, -0.2) is 0 Å². The summed E-state index contributed by atoms with van der Waals surface area (Å²) in [6.07, 6.45) is 2.24. The summed E-state index contributed by atoms with van der Waals surface area (Å²) >= 11 is 0. The molecule has 0 aromatic carbocycles. The lowest BCUT2D eigenvalue weighted by Crippen LogP contribution is -2.10. The van der Waals surface area contributed by atoms with Crippen molar-refractivity contribution in [1.29, 1.82) is 0 Å². The van der Waals surface area contributed by atoms with Crippen LogP contribution in [0.15, 0.2) is 0 Å². The summed E-state index contributed by atoms with van der Waals surface area (Å²) in [6.45, 7) is 5.22. The first-order valence-electron chi connectivity index (χ1n) is 4.52. The van der Waals surface area contributed by atoms with Crippen LogP contribution in [0, 0.1) is 5.92 Å². The van der Waals surface area contributed by atoms with Crippen LogP contribution in [0.3, 0.4) is 0 Å². The molecule has 0 bridgehead atoms. The highest BCUT2D eigenvalue weighted by molar-refractivity contribution is 5.69. The maximum Gasteiger partial charge on any atom is 0.305 e. The zero-order valence-corrected chi connectivity index (χ0v) is 8.01. The Morgan fingerprint density at radius 2 is 2.08 bits per heavy atom. The molecule has 0 saturated carbocycles. The molecule has 0 amide bonds. The van der Waals surface area contributed by atoms with Gasteiger partial charge in [0.05, 0.1) is 6.61 Å². The van der Waals surface area contributed by atoms with Gasteiger partial charge in [-0.1, -0.05) is 13.8 Å². The predicted molar refractivity (Wildman–Crippen MR) is 48.7 cm³/mol. The van der Waals surface area contributed by atoms with Crippen molar-refractivity contribution in [3.8, 4) is 0 Å². The van der Waals surface area contributed by atoms with Crippen molar-refractivity contribution in [2.24, 2.45) is 11.7 Å². The molecule has 0 radical (unpaired) electrons. The van der Waals surface area contributed by atoms with E-state index >= 15 is 0 Å². The van der Waals surface area contributed by atoms with E-state index in [2.05, 4.69) is 0 Å². The number of carbonyl (C=O) groups is 1. The average Bonchev–Trinajstić information content (AvgIpc) is 2.01. The first kappa shape index (κ1) is 11.4. The molecule has 0 spiro atoms. The Morgan fingerprint density at radius 3 is 2.58 bits per heavy atom. The van der Waals surface area contributed by atoms with Gasteiger partial charge in [-0.3, -0.25) is 4.79 Å². The molecule has 3 heteroatoms. The van der Waals surface area contributed by atoms with Crippen LogP contribution in [-0.2, 0) is 9.53 Å². The molecule has 0 unspecified atom stereocenters. The molecule has 0 saturated heterocycles. The summed E-state index contributed by atoms with van der Waals surface area (Å²) in [4.78, 5) is 11.0. The second-order valence-electron chi connectivity index (χ2n) is 3.32. The normalized spacial score (nSPS) is 10.3. The minimum Gasteiger partial charge on any atom is -0.465 e. The molecular weight excluding hydrogens is 154 g/mol. The van der Waals surface area contributed by atoms with Gasteiger partial charge in [0, 0.05) is 6.42 Å². The van der Waals surface area contributed by atoms with Crippen molar-refractivity contribution in [3.63, 3.8) is 0 Å². The zero-order chi connectivity index (χ0) is 9.40. The van der Waals surface area contributed by atoms with Crippen LogP contribution in [0.5, 0.6) is 0 Å². The van der Waals surface area contributed by atoms with E-state index in [0.29, 0.717) is 25.5 Å². The lowest BCUT2D eigenvalue weighted by molar-refractivity contribution is -0.144. The predicted octanol–water partition coefficient (Wildman–Crippen LogP) is 1.31. The number of hydrogen-bond acceptors (Lipinski definition) is 3. The van der Waals surface area contributed by atoms with Crippen LogP contribution in [-0.4, -0.2) is 19.1 Å². The highest BCUT2D eigenvalue weighted by Crippen LogP contribution is 1.99. The Hall–Kier alpha value is -0.570. The highest BCUT2D eigenvalue weighted by atomic mass is 16.5. The van der Waals surface area contributed by atoms with Gasteiger partial charge in [-0.2, -0.15) is 0 Å². The molecule has 12 heavy (non-hydrogen) atoms. The SMILES string of the molecule is CC(C)COC(=O)CCCCN. The first-order chi connectivity index (χ1) is 5.66.